The Morgan fingerprint density at radius 3 is 2.24 bits per heavy atom. The molecule has 0 radical (unpaired) electrons. The molecule has 1 heterocycles. The van der Waals surface area contributed by atoms with E-state index in [0.29, 0.717) is 52.5 Å². The average molecular weight is 609 g/mol. The normalized spacial score (nSPS) is 11.9. The van der Waals surface area contributed by atoms with E-state index in [1.165, 1.54) is 0 Å². The molecule has 1 aromatic heterocycles. The second-order valence-corrected chi connectivity index (χ2v) is 12.5. The summed E-state index contributed by atoms with van der Waals surface area (Å²) in [7, 11) is 1.57. The number of aryl methyl sites for hydroxylation is 2. The van der Waals surface area contributed by atoms with Gasteiger partial charge in [0.25, 0.3) is 5.91 Å². The predicted octanol–water partition coefficient (Wildman–Crippen LogP) is 7.55. The van der Waals surface area contributed by atoms with Crippen molar-refractivity contribution < 1.29 is 29.0 Å². The number of carboxylic acids is 1. The molecule has 0 aliphatic rings. The fourth-order valence-corrected chi connectivity index (χ4v) is 5.03. The Hall–Kier alpha value is -4.98. The highest BCUT2D eigenvalue weighted by molar-refractivity contribution is 6.10. The average Bonchev–Trinajstić information content (AvgIpc) is 2.98. The maximum Gasteiger partial charge on any atom is 0.343 e. The van der Waals surface area contributed by atoms with Gasteiger partial charge >= 0.3 is 11.9 Å². The van der Waals surface area contributed by atoms with E-state index in [9.17, 15) is 19.5 Å². The summed E-state index contributed by atoms with van der Waals surface area (Å²) in [5.74, 6) is -0.674. The third-order valence-electron chi connectivity index (χ3n) is 7.31. The number of carbonyl (C=O) groups excluding carboxylic acids is 2. The number of nitrogens with zero attached hydrogens (tertiary/aromatic N) is 2. The van der Waals surface area contributed by atoms with Gasteiger partial charge in [-0.1, -0.05) is 58.0 Å². The molecule has 0 saturated carbocycles. The number of rotatable bonds is 10. The summed E-state index contributed by atoms with van der Waals surface area (Å²) >= 11 is 0. The van der Waals surface area contributed by atoms with Crippen LogP contribution < -0.4 is 14.4 Å². The van der Waals surface area contributed by atoms with Crippen LogP contribution in [0, 0.1) is 25.2 Å². The number of pyridine rings is 1. The SMILES string of the molecule is COc1ccc(C(=O)N(CC(C)(C)C)c2cccc(C)n2)c(-c2ccc(C(=O)Oc3cccc(CC(C)C(=O)O)c3)c(C)c2)c1. The van der Waals surface area contributed by atoms with Crippen LogP contribution in [0.3, 0.4) is 0 Å². The number of methoxy groups -OCH3 is 1. The van der Waals surface area contributed by atoms with Gasteiger partial charge in [0.2, 0.25) is 0 Å². The van der Waals surface area contributed by atoms with Crippen molar-refractivity contribution in [1.82, 2.24) is 4.98 Å². The molecule has 0 fully saturated rings. The van der Waals surface area contributed by atoms with Crippen molar-refractivity contribution in [2.75, 3.05) is 18.6 Å². The van der Waals surface area contributed by atoms with Gasteiger partial charge in [-0.05, 0) is 96.5 Å². The maximum atomic E-state index is 14.3. The summed E-state index contributed by atoms with van der Waals surface area (Å²) in [6, 6.07) is 23.2. The number of carboxylic acid groups (broad SMARTS) is 1. The molecule has 0 aliphatic heterocycles. The molecule has 1 unspecified atom stereocenters. The summed E-state index contributed by atoms with van der Waals surface area (Å²) in [6.07, 6.45) is 0.323. The van der Waals surface area contributed by atoms with Crippen LogP contribution in [0.5, 0.6) is 11.5 Å². The molecule has 45 heavy (non-hydrogen) atoms. The van der Waals surface area contributed by atoms with Gasteiger partial charge < -0.3 is 14.6 Å². The highest BCUT2D eigenvalue weighted by Gasteiger charge is 2.27. The van der Waals surface area contributed by atoms with Crippen LogP contribution in [-0.4, -0.2) is 41.6 Å². The molecule has 1 N–H and O–H groups in total. The van der Waals surface area contributed by atoms with Crippen LogP contribution in [0.1, 0.15) is 65.2 Å². The van der Waals surface area contributed by atoms with E-state index in [4.69, 9.17) is 9.47 Å². The van der Waals surface area contributed by atoms with Crippen LogP contribution in [0.15, 0.2) is 78.9 Å². The number of aromatic nitrogens is 1. The number of benzene rings is 3. The monoisotopic (exact) mass is 608 g/mol. The van der Waals surface area contributed by atoms with E-state index in [0.717, 1.165) is 16.8 Å². The summed E-state index contributed by atoms with van der Waals surface area (Å²) in [6.45, 7) is 12.0. The molecule has 8 heteroatoms. The molecular formula is C37H40N2O6. The number of hydrogen-bond donors (Lipinski definition) is 1. The quantitative estimate of drug-likeness (QED) is 0.146. The Bertz CT molecular complexity index is 1720. The largest absolute Gasteiger partial charge is 0.497 e. The number of carbonyl (C=O) groups is 3. The first kappa shape index (κ1) is 32.9. The lowest BCUT2D eigenvalue weighted by Gasteiger charge is -2.30. The Morgan fingerprint density at radius 2 is 1.60 bits per heavy atom. The summed E-state index contributed by atoms with van der Waals surface area (Å²) in [5.41, 5.74) is 4.30. The minimum atomic E-state index is -0.886. The highest BCUT2D eigenvalue weighted by atomic mass is 16.5. The molecule has 0 bridgehead atoms. The van der Waals surface area contributed by atoms with Crippen molar-refractivity contribution in [1.29, 1.82) is 0 Å². The van der Waals surface area contributed by atoms with Crippen molar-refractivity contribution >= 4 is 23.7 Å². The first-order valence-electron chi connectivity index (χ1n) is 14.8. The number of amides is 1. The molecule has 8 nitrogen and oxygen atoms in total. The molecule has 4 rings (SSSR count). The second kappa shape index (κ2) is 13.8. The third-order valence-corrected chi connectivity index (χ3v) is 7.31. The lowest BCUT2D eigenvalue weighted by Crippen LogP contribution is -2.38. The molecule has 4 aromatic rings. The molecular weight excluding hydrogens is 568 g/mol. The Balaban J connectivity index is 1.67. The first-order chi connectivity index (χ1) is 21.3. The Labute approximate surface area is 264 Å². The van der Waals surface area contributed by atoms with Crippen LogP contribution in [0.4, 0.5) is 5.82 Å². The summed E-state index contributed by atoms with van der Waals surface area (Å²) in [4.78, 5) is 45.1. The van der Waals surface area contributed by atoms with Crippen molar-refractivity contribution in [3.8, 4) is 22.6 Å². The van der Waals surface area contributed by atoms with Gasteiger partial charge in [0.05, 0.1) is 18.6 Å². The first-order valence-corrected chi connectivity index (χ1v) is 14.8. The molecule has 0 aliphatic carbocycles. The number of hydrogen-bond acceptors (Lipinski definition) is 6. The minimum absolute atomic E-state index is 0.194. The maximum absolute atomic E-state index is 14.3. The third kappa shape index (κ3) is 8.35. The van der Waals surface area contributed by atoms with Crippen LogP contribution in [0.25, 0.3) is 11.1 Å². The molecule has 3 aromatic carbocycles. The van der Waals surface area contributed by atoms with E-state index in [2.05, 4.69) is 25.8 Å². The van der Waals surface area contributed by atoms with Crippen molar-refractivity contribution in [2.45, 2.75) is 48.0 Å². The van der Waals surface area contributed by atoms with Gasteiger partial charge in [-0.15, -0.1) is 0 Å². The van der Waals surface area contributed by atoms with E-state index < -0.39 is 17.9 Å². The number of aliphatic carboxylic acids is 1. The topological polar surface area (TPSA) is 106 Å². The van der Waals surface area contributed by atoms with Crippen LogP contribution in [-0.2, 0) is 11.2 Å². The lowest BCUT2D eigenvalue weighted by molar-refractivity contribution is -0.141. The molecule has 1 atom stereocenters. The van der Waals surface area contributed by atoms with Gasteiger partial charge in [0.1, 0.15) is 17.3 Å². The van der Waals surface area contributed by atoms with Crippen LogP contribution in [0.2, 0.25) is 0 Å². The smallest absolute Gasteiger partial charge is 0.343 e. The predicted molar refractivity (Wildman–Crippen MR) is 175 cm³/mol. The van der Waals surface area contributed by atoms with Gasteiger partial charge in [0, 0.05) is 17.8 Å². The Kier molecular flexibility index (Phi) is 10.1. The standard InChI is InChI=1S/C37H40N2O6/c1-23-19-27(14-16-30(23)36(43)45-29-12-9-11-26(20-29)18-24(2)35(41)42)32-21-28(44-7)15-17-31(32)34(40)39(22-37(4,5)6)33-13-8-10-25(3)38-33/h8-17,19-21,24H,18,22H2,1-7H3,(H,41,42). The molecule has 234 valence electrons. The van der Waals surface area contributed by atoms with E-state index in [1.807, 2.05) is 50.2 Å². The number of anilines is 1. The summed E-state index contributed by atoms with van der Waals surface area (Å²) < 4.78 is 11.2. The van der Waals surface area contributed by atoms with Crippen molar-refractivity contribution in [2.24, 2.45) is 11.3 Å². The fourth-order valence-electron chi connectivity index (χ4n) is 5.03. The lowest BCUT2D eigenvalue weighted by atomic mass is 9.93. The Morgan fingerprint density at radius 1 is 0.889 bits per heavy atom. The number of esters is 1. The summed E-state index contributed by atoms with van der Waals surface area (Å²) in [5, 5.41) is 9.24. The van der Waals surface area contributed by atoms with E-state index in [-0.39, 0.29) is 11.3 Å². The van der Waals surface area contributed by atoms with E-state index >= 15 is 0 Å². The molecule has 0 spiro atoms. The van der Waals surface area contributed by atoms with E-state index in [1.54, 1.807) is 61.4 Å². The molecule has 1 amide bonds. The van der Waals surface area contributed by atoms with Crippen molar-refractivity contribution in [3.05, 3.63) is 107 Å². The zero-order valence-corrected chi connectivity index (χ0v) is 26.9. The van der Waals surface area contributed by atoms with Crippen molar-refractivity contribution in [3.63, 3.8) is 0 Å². The fraction of sp³-hybridized carbons (Fsp3) is 0.297. The zero-order valence-electron chi connectivity index (χ0n) is 26.9. The minimum Gasteiger partial charge on any atom is -0.497 e. The highest BCUT2D eigenvalue weighted by Crippen LogP contribution is 2.33. The van der Waals surface area contributed by atoms with Gasteiger partial charge in [-0.3, -0.25) is 14.5 Å². The number of ether oxygens (including phenoxy) is 2. The van der Waals surface area contributed by atoms with Gasteiger partial charge in [-0.25, -0.2) is 9.78 Å². The zero-order chi connectivity index (χ0) is 32.9. The van der Waals surface area contributed by atoms with Gasteiger partial charge in [0.15, 0.2) is 0 Å². The van der Waals surface area contributed by atoms with Crippen LogP contribution >= 0.6 is 0 Å². The second-order valence-electron chi connectivity index (χ2n) is 12.5. The molecule has 0 saturated heterocycles. The van der Waals surface area contributed by atoms with Gasteiger partial charge in [-0.2, -0.15) is 0 Å².